The van der Waals surface area contributed by atoms with Gasteiger partial charge < -0.3 is 5.32 Å². The van der Waals surface area contributed by atoms with Crippen LogP contribution in [0.1, 0.15) is 19.3 Å². The summed E-state index contributed by atoms with van der Waals surface area (Å²) in [7, 11) is 0. The van der Waals surface area contributed by atoms with Gasteiger partial charge in [0.1, 0.15) is 0 Å². The van der Waals surface area contributed by atoms with Gasteiger partial charge in [-0.05, 0) is 24.4 Å². The largest absolute Gasteiger partial charge is 0.322 e. The number of nitrogens with one attached hydrogen (secondary N) is 1. The van der Waals surface area contributed by atoms with Crippen molar-refractivity contribution in [3.05, 3.63) is 16.6 Å². The summed E-state index contributed by atoms with van der Waals surface area (Å²) in [6.07, 6.45) is 3.62. The highest BCUT2D eigenvalue weighted by molar-refractivity contribution is 9.09. The standard InChI is InChI=1S/C9H10BrCl2N3O/c10-4-2-1-3-7(16)14-6-5-13-9(12)15-8(6)11/h5H,1-4H2,(H,14,16). The van der Waals surface area contributed by atoms with E-state index >= 15 is 0 Å². The zero-order valence-electron chi connectivity index (χ0n) is 8.34. The fourth-order valence-corrected chi connectivity index (χ4v) is 1.77. The summed E-state index contributed by atoms with van der Waals surface area (Å²) >= 11 is 14.6. The highest BCUT2D eigenvalue weighted by atomic mass is 79.9. The highest BCUT2D eigenvalue weighted by Gasteiger charge is 2.07. The number of amides is 1. The second kappa shape index (κ2) is 7.04. The summed E-state index contributed by atoms with van der Waals surface area (Å²) in [6, 6.07) is 0. The second-order valence-corrected chi connectivity index (χ2v) is 4.53. The van der Waals surface area contributed by atoms with Gasteiger partial charge in [-0.3, -0.25) is 4.79 Å². The number of unbranched alkanes of at least 4 members (excludes halogenated alkanes) is 1. The molecule has 16 heavy (non-hydrogen) atoms. The van der Waals surface area contributed by atoms with Crippen LogP contribution in [-0.4, -0.2) is 21.2 Å². The van der Waals surface area contributed by atoms with Gasteiger partial charge in [-0.15, -0.1) is 0 Å². The van der Waals surface area contributed by atoms with E-state index in [0.717, 1.165) is 18.2 Å². The van der Waals surface area contributed by atoms with Crippen molar-refractivity contribution in [1.29, 1.82) is 0 Å². The van der Waals surface area contributed by atoms with Crippen molar-refractivity contribution in [2.24, 2.45) is 0 Å². The van der Waals surface area contributed by atoms with E-state index in [1.165, 1.54) is 6.20 Å². The molecule has 1 aromatic rings. The van der Waals surface area contributed by atoms with Crippen LogP contribution in [0.2, 0.25) is 10.4 Å². The first-order valence-electron chi connectivity index (χ1n) is 4.67. The number of rotatable bonds is 5. The van der Waals surface area contributed by atoms with Crippen LogP contribution in [0.15, 0.2) is 6.20 Å². The first-order chi connectivity index (χ1) is 7.63. The summed E-state index contributed by atoms with van der Waals surface area (Å²) < 4.78 is 0. The molecule has 0 saturated carbocycles. The normalized spacial score (nSPS) is 10.2. The van der Waals surface area contributed by atoms with Crippen LogP contribution < -0.4 is 5.32 Å². The Balaban J connectivity index is 2.49. The molecule has 0 aliphatic carbocycles. The van der Waals surface area contributed by atoms with E-state index < -0.39 is 0 Å². The van der Waals surface area contributed by atoms with E-state index in [1.54, 1.807) is 0 Å². The van der Waals surface area contributed by atoms with Crippen LogP contribution in [0.4, 0.5) is 5.69 Å². The second-order valence-electron chi connectivity index (χ2n) is 3.04. The van der Waals surface area contributed by atoms with Crippen molar-refractivity contribution in [2.75, 3.05) is 10.6 Å². The average Bonchev–Trinajstić information content (AvgIpc) is 2.23. The molecule has 1 amide bonds. The summed E-state index contributed by atoms with van der Waals surface area (Å²) in [5.74, 6) is -0.103. The predicted octanol–water partition coefficient (Wildman–Crippen LogP) is 3.29. The number of halogens is 3. The lowest BCUT2D eigenvalue weighted by molar-refractivity contribution is -0.116. The number of alkyl halides is 1. The molecular weight excluding hydrogens is 317 g/mol. The maximum Gasteiger partial charge on any atom is 0.224 e. The van der Waals surface area contributed by atoms with Crippen LogP contribution in [0, 0.1) is 0 Å². The van der Waals surface area contributed by atoms with E-state index in [4.69, 9.17) is 23.2 Å². The third-order valence-electron chi connectivity index (χ3n) is 1.77. The number of carbonyl (C=O) groups is 1. The van der Waals surface area contributed by atoms with Gasteiger partial charge in [0.15, 0.2) is 5.15 Å². The molecule has 0 saturated heterocycles. The van der Waals surface area contributed by atoms with E-state index in [2.05, 4.69) is 31.2 Å². The fraction of sp³-hybridized carbons (Fsp3) is 0.444. The van der Waals surface area contributed by atoms with Crippen LogP contribution in [0.25, 0.3) is 0 Å². The van der Waals surface area contributed by atoms with E-state index in [0.29, 0.717) is 12.1 Å². The monoisotopic (exact) mass is 325 g/mol. The maximum absolute atomic E-state index is 11.5. The number of hydrogen-bond donors (Lipinski definition) is 1. The number of anilines is 1. The lowest BCUT2D eigenvalue weighted by atomic mass is 10.2. The quantitative estimate of drug-likeness (QED) is 0.391. The van der Waals surface area contributed by atoms with E-state index in [1.807, 2.05) is 0 Å². The summed E-state index contributed by atoms with van der Waals surface area (Å²) in [5, 5.41) is 3.73. The summed E-state index contributed by atoms with van der Waals surface area (Å²) in [6.45, 7) is 0. The van der Waals surface area contributed by atoms with Crippen molar-refractivity contribution in [1.82, 2.24) is 9.97 Å². The van der Waals surface area contributed by atoms with Gasteiger partial charge in [-0.25, -0.2) is 9.97 Å². The minimum absolute atomic E-state index is 0.0577. The maximum atomic E-state index is 11.5. The van der Waals surface area contributed by atoms with Crippen molar-refractivity contribution >= 4 is 50.7 Å². The number of nitrogens with zero attached hydrogens (tertiary/aromatic N) is 2. The molecule has 0 spiro atoms. The molecule has 0 fully saturated rings. The van der Waals surface area contributed by atoms with Gasteiger partial charge in [0.05, 0.1) is 11.9 Å². The lowest BCUT2D eigenvalue weighted by Crippen LogP contribution is -2.12. The topological polar surface area (TPSA) is 54.9 Å². The third kappa shape index (κ3) is 4.63. The Bertz CT molecular complexity index is 376. The minimum atomic E-state index is -0.103. The van der Waals surface area contributed by atoms with Gasteiger partial charge in [0, 0.05) is 11.8 Å². The zero-order chi connectivity index (χ0) is 12.0. The first-order valence-corrected chi connectivity index (χ1v) is 6.55. The van der Waals surface area contributed by atoms with Gasteiger partial charge in [-0.2, -0.15) is 0 Å². The smallest absolute Gasteiger partial charge is 0.224 e. The average molecular weight is 327 g/mol. The fourth-order valence-electron chi connectivity index (χ4n) is 1.02. The molecule has 0 aromatic carbocycles. The van der Waals surface area contributed by atoms with Crippen molar-refractivity contribution in [2.45, 2.75) is 19.3 Å². The summed E-state index contributed by atoms with van der Waals surface area (Å²) in [4.78, 5) is 18.9. The SMILES string of the molecule is O=C(CCCCBr)Nc1cnc(Cl)nc1Cl. The first kappa shape index (κ1) is 13.7. The molecule has 88 valence electrons. The van der Waals surface area contributed by atoms with Crippen molar-refractivity contribution < 1.29 is 4.79 Å². The Hall–Kier alpha value is -0.390. The van der Waals surface area contributed by atoms with Gasteiger partial charge in [0.25, 0.3) is 0 Å². The highest BCUT2D eigenvalue weighted by Crippen LogP contribution is 2.19. The van der Waals surface area contributed by atoms with E-state index in [-0.39, 0.29) is 16.3 Å². The van der Waals surface area contributed by atoms with Crippen molar-refractivity contribution in [3.63, 3.8) is 0 Å². The molecule has 0 atom stereocenters. The molecule has 4 nitrogen and oxygen atoms in total. The summed E-state index contributed by atoms with van der Waals surface area (Å²) in [5.41, 5.74) is 0.384. The molecule has 0 unspecified atom stereocenters. The molecule has 0 bridgehead atoms. The van der Waals surface area contributed by atoms with Crippen LogP contribution >= 0.6 is 39.1 Å². The van der Waals surface area contributed by atoms with Crippen molar-refractivity contribution in [3.8, 4) is 0 Å². The van der Waals surface area contributed by atoms with Gasteiger partial charge in [-0.1, -0.05) is 27.5 Å². The number of aromatic nitrogens is 2. The molecule has 0 aliphatic rings. The molecule has 1 aromatic heterocycles. The predicted molar refractivity (Wildman–Crippen MR) is 68.3 cm³/mol. The third-order valence-corrected chi connectivity index (χ3v) is 2.81. The molecule has 1 heterocycles. The Kier molecular flexibility index (Phi) is 6.01. The van der Waals surface area contributed by atoms with Gasteiger partial charge >= 0.3 is 0 Å². The Morgan fingerprint density at radius 1 is 1.44 bits per heavy atom. The number of hydrogen-bond acceptors (Lipinski definition) is 3. The molecule has 0 aliphatic heterocycles. The van der Waals surface area contributed by atoms with Gasteiger partial charge in [0.2, 0.25) is 11.2 Å². The zero-order valence-corrected chi connectivity index (χ0v) is 11.4. The number of carbonyl (C=O) groups excluding carboxylic acids is 1. The van der Waals surface area contributed by atoms with Crippen LogP contribution in [-0.2, 0) is 4.79 Å². The van der Waals surface area contributed by atoms with Crippen LogP contribution in [0.3, 0.4) is 0 Å². The molecule has 0 radical (unpaired) electrons. The molecule has 1 N–H and O–H groups in total. The Labute approximate surface area is 112 Å². The molecular formula is C9H10BrCl2N3O. The Morgan fingerprint density at radius 3 is 2.81 bits per heavy atom. The lowest BCUT2D eigenvalue weighted by Gasteiger charge is -2.05. The molecule has 1 rings (SSSR count). The Morgan fingerprint density at radius 2 is 2.19 bits per heavy atom. The van der Waals surface area contributed by atoms with Crippen LogP contribution in [0.5, 0.6) is 0 Å². The minimum Gasteiger partial charge on any atom is -0.322 e. The van der Waals surface area contributed by atoms with E-state index in [9.17, 15) is 4.79 Å². The molecule has 7 heteroatoms.